The van der Waals surface area contributed by atoms with Crippen molar-refractivity contribution in [1.82, 2.24) is 10.2 Å². The van der Waals surface area contributed by atoms with Gasteiger partial charge >= 0.3 is 0 Å². The molecule has 0 amide bonds. The fourth-order valence-electron chi connectivity index (χ4n) is 2.53. The van der Waals surface area contributed by atoms with Crippen LogP contribution in [0, 0.1) is 5.92 Å². The van der Waals surface area contributed by atoms with Crippen LogP contribution in [0.4, 0.5) is 0 Å². The molecule has 25 heavy (non-hydrogen) atoms. The Balaban J connectivity index is 0.00000225. The number of ether oxygens (including phenoxy) is 3. The number of nitrogens with zero attached hydrogens (tertiary/aromatic N) is 2. The third-order valence-electron chi connectivity index (χ3n) is 4.13. The molecule has 0 radical (unpaired) electrons. The van der Waals surface area contributed by atoms with Crippen LogP contribution in [0.2, 0.25) is 5.02 Å². The first kappa shape index (κ1) is 20.4. The number of fused-ring (bicyclic) bond motifs is 1. The second kappa shape index (κ2) is 9.68. The van der Waals surface area contributed by atoms with Crippen LogP contribution in [0.5, 0.6) is 11.5 Å². The quantitative estimate of drug-likeness (QED) is 0.281. The summed E-state index contributed by atoms with van der Waals surface area (Å²) in [4.78, 5) is 6.37. The molecule has 8 heteroatoms. The second-order valence-corrected chi connectivity index (χ2v) is 6.56. The van der Waals surface area contributed by atoms with Gasteiger partial charge in [-0.05, 0) is 36.5 Å². The van der Waals surface area contributed by atoms with Crippen molar-refractivity contribution in [3.05, 3.63) is 22.7 Å². The highest BCUT2D eigenvalue weighted by Crippen LogP contribution is 2.39. The van der Waals surface area contributed by atoms with E-state index in [2.05, 4.69) is 15.2 Å². The fraction of sp³-hybridized carbons (Fsp3) is 0.588. The number of likely N-dealkylation sites (N-methyl/N-ethyl adjacent to an activating group) is 1. The van der Waals surface area contributed by atoms with E-state index in [1.807, 2.05) is 19.2 Å². The summed E-state index contributed by atoms with van der Waals surface area (Å²) < 4.78 is 16.4. The van der Waals surface area contributed by atoms with E-state index in [0.717, 1.165) is 30.6 Å². The van der Waals surface area contributed by atoms with Crippen LogP contribution in [0.3, 0.4) is 0 Å². The minimum absolute atomic E-state index is 0. The first-order valence-corrected chi connectivity index (χ1v) is 8.62. The van der Waals surface area contributed by atoms with E-state index in [0.29, 0.717) is 29.7 Å². The molecule has 1 aliphatic heterocycles. The highest BCUT2D eigenvalue weighted by molar-refractivity contribution is 14.0. The van der Waals surface area contributed by atoms with Crippen molar-refractivity contribution in [3.63, 3.8) is 0 Å². The van der Waals surface area contributed by atoms with Gasteiger partial charge in [-0.15, -0.1) is 24.0 Å². The largest absolute Gasteiger partial charge is 0.454 e. The van der Waals surface area contributed by atoms with Gasteiger partial charge < -0.3 is 24.4 Å². The van der Waals surface area contributed by atoms with Gasteiger partial charge in [0, 0.05) is 33.8 Å². The maximum Gasteiger partial charge on any atom is 0.231 e. The molecule has 3 rings (SSSR count). The van der Waals surface area contributed by atoms with Crippen LogP contribution in [0.25, 0.3) is 0 Å². The van der Waals surface area contributed by atoms with Gasteiger partial charge in [-0.2, -0.15) is 0 Å². The van der Waals surface area contributed by atoms with E-state index in [1.54, 1.807) is 7.05 Å². The lowest BCUT2D eigenvalue weighted by Gasteiger charge is -2.22. The molecule has 0 aromatic heterocycles. The number of benzene rings is 1. The van der Waals surface area contributed by atoms with Crippen LogP contribution in [-0.2, 0) is 11.3 Å². The van der Waals surface area contributed by atoms with Gasteiger partial charge in [0.2, 0.25) is 6.79 Å². The van der Waals surface area contributed by atoms with Crippen LogP contribution >= 0.6 is 35.6 Å². The summed E-state index contributed by atoms with van der Waals surface area (Å²) in [5.41, 5.74) is 1.02. The summed E-state index contributed by atoms with van der Waals surface area (Å²) in [6.45, 7) is 3.22. The number of aliphatic imine (C=N–C) groups is 1. The number of halogens is 2. The molecule has 0 bridgehead atoms. The van der Waals surface area contributed by atoms with Gasteiger partial charge in [-0.1, -0.05) is 11.6 Å². The van der Waals surface area contributed by atoms with E-state index < -0.39 is 0 Å². The Morgan fingerprint density at radius 1 is 1.40 bits per heavy atom. The Kier molecular flexibility index (Phi) is 7.89. The Hall–Kier alpha value is -0.930. The molecular formula is C17H25ClIN3O3. The van der Waals surface area contributed by atoms with Crippen molar-refractivity contribution in [2.75, 3.05) is 40.6 Å². The lowest BCUT2D eigenvalue weighted by molar-refractivity contribution is 0.115. The topological polar surface area (TPSA) is 55.3 Å². The SMILES string of the molecule is CN=C(NCc1cc(Cl)c2c(c1)OCO2)N(C)CCOCC1CC1.I. The van der Waals surface area contributed by atoms with Gasteiger partial charge in [0.1, 0.15) is 0 Å². The summed E-state index contributed by atoms with van der Waals surface area (Å²) in [7, 11) is 3.78. The molecule has 2 aliphatic rings. The predicted molar refractivity (Wildman–Crippen MR) is 109 cm³/mol. The highest BCUT2D eigenvalue weighted by atomic mass is 127. The molecule has 1 aliphatic carbocycles. The third kappa shape index (κ3) is 5.79. The van der Waals surface area contributed by atoms with E-state index in [-0.39, 0.29) is 30.8 Å². The molecule has 1 fully saturated rings. The highest BCUT2D eigenvalue weighted by Gasteiger charge is 2.21. The van der Waals surface area contributed by atoms with Gasteiger partial charge in [-0.3, -0.25) is 4.99 Å². The molecule has 0 unspecified atom stereocenters. The van der Waals surface area contributed by atoms with Crippen molar-refractivity contribution >= 4 is 41.5 Å². The van der Waals surface area contributed by atoms with Gasteiger partial charge in [0.15, 0.2) is 17.5 Å². The van der Waals surface area contributed by atoms with E-state index in [1.165, 1.54) is 12.8 Å². The standard InChI is InChI=1S/C17H24ClN3O3.HI/c1-19-17(21(2)5-6-22-10-12-3-4-12)20-9-13-7-14(18)16-15(8-13)23-11-24-16;/h7-8,12H,3-6,9-11H2,1-2H3,(H,19,20);1H. The average molecular weight is 482 g/mol. The van der Waals surface area contributed by atoms with Crippen molar-refractivity contribution in [1.29, 1.82) is 0 Å². The molecule has 1 N–H and O–H groups in total. The zero-order chi connectivity index (χ0) is 16.9. The summed E-state index contributed by atoms with van der Waals surface area (Å²) in [5.74, 6) is 2.92. The minimum Gasteiger partial charge on any atom is -0.454 e. The first-order chi connectivity index (χ1) is 11.7. The number of hydrogen-bond donors (Lipinski definition) is 1. The number of guanidine groups is 1. The van der Waals surface area contributed by atoms with Gasteiger partial charge in [0.25, 0.3) is 0 Å². The predicted octanol–water partition coefficient (Wildman–Crippen LogP) is 3.12. The van der Waals surface area contributed by atoms with E-state index in [9.17, 15) is 0 Å². The minimum atomic E-state index is 0. The average Bonchev–Trinajstić information content (AvgIpc) is 3.27. The number of nitrogens with one attached hydrogen (secondary N) is 1. The third-order valence-corrected chi connectivity index (χ3v) is 4.41. The van der Waals surface area contributed by atoms with Crippen molar-refractivity contribution in [2.45, 2.75) is 19.4 Å². The number of hydrogen-bond acceptors (Lipinski definition) is 4. The van der Waals surface area contributed by atoms with E-state index >= 15 is 0 Å². The number of rotatable bonds is 7. The summed E-state index contributed by atoms with van der Waals surface area (Å²) in [6.07, 6.45) is 2.63. The van der Waals surface area contributed by atoms with Crippen molar-refractivity contribution in [3.8, 4) is 11.5 Å². The van der Waals surface area contributed by atoms with Crippen LogP contribution in [0.1, 0.15) is 18.4 Å². The Bertz CT molecular complexity index is 611. The normalized spacial score (nSPS) is 15.7. The molecule has 1 aromatic rings. The molecule has 0 atom stereocenters. The van der Waals surface area contributed by atoms with Gasteiger partial charge in [0.05, 0.1) is 11.6 Å². The van der Waals surface area contributed by atoms with Crippen molar-refractivity contribution in [2.24, 2.45) is 10.9 Å². The zero-order valence-electron chi connectivity index (χ0n) is 14.6. The maximum absolute atomic E-state index is 6.21. The summed E-state index contributed by atoms with van der Waals surface area (Å²) in [5, 5.41) is 3.90. The molecule has 1 saturated carbocycles. The lowest BCUT2D eigenvalue weighted by atomic mass is 10.2. The molecular weight excluding hydrogens is 457 g/mol. The zero-order valence-corrected chi connectivity index (χ0v) is 17.7. The monoisotopic (exact) mass is 481 g/mol. The summed E-state index contributed by atoms with van der Waals surface area (Å²) >= 11 is 6.21. The van der Waals surface area contributed by atoms with Crippen molar-refractivity contribution < 1.29 is 14.2 Å². The second-order valence-electron chi connectivity index (χ2n) is 6.15. The lowest BCUT2D eigenvalue weighted by Crippen LogP contribution is -2.40. The summed E-state index contributed by atoms with van der Waals surface area (Å²) in [6, 6.07) is 3.82. The molecule has 1 heterocycles. The smallest absolute Gasteiger partial charge is 0.231 e. The van der Waals surface area contributed by atoms with Crippen LogP contribution < -0.4 is 14.8 Å². The molecule has 6 nitrogen and oxygen atoms in total. The molecule has 1 aromatic carbocycles. The van der Waals surface area contributed by atoms with Gasteiger partial charge in [-0.25, -0.2) is 0 Å². The van der Waals surface area contributed by atoms with Crippen LogP contribution in [-0.4, -0.2) is 51.5 Å². The molecule has 0 saturated heterocycles. The Morgan fingerprint density at radius 3 is 2.92 bits per heavy atom. The van der Waals surface area contributed by atoms with E-state index in [4.69, 9.17) is 25.8 Å². The Labute approximate surface area is 170 Å². The molecule has 140 valence electrons. The maximum atomic E-state index is 6.21. The fourth-order valence-corrected chi connectivity index (χ4v) is 2.82. The molecule has 0 spiro atoms. The Morgan fingerprint density at radius 2 is 2.20 bits per heavy atom. The van der Waals surface area contributed by atoms with Crippen LogP contribution in [0.15, 0.2) is 17.1 Å². The first-order valence-electron chi connectivity index (χ1n) is 8.25.